The van der Waals surface area contributed by atoms with E-state index in [4.69, 9.17) is 5.26 Å². The molecule has 0 amide bonds. The van der Waals surface area contributed by atoms with Gasteiger partial charge in [-0.15, -0.1) is 0 Å². The van der Waals surface area contributed by atoms with Gasteiger partial charge in [0.25, 0.3) is 0 Å². The molecule has 3 rings (SSSR count). The Kier molecular flexibility index (Phi) is 6.85. The number of benzene rings is 2. The number of anilines is 1. The molecule has 0 spiro atoms. The number of nitrogens with one attached hydrogen (secondary N) is 1. The van der Waals surface area contributed by atoms with Crippen molar-refractivity contribution in [1.29, 1.82) is 5.26 Å². The Labute approximate surface area is 141 Å². The number of nitrogens with zero attached hydrogens (tertiary/aromatic N) is 1. The summed E-state index contributed by atoms with van der Waals surface area (Å²) in [6.45, 7) is 12.5. The summed E-state index contributed by atoms with van der Waals surface area (Å²) in [4.78, 5) is 0. The Morgan fingerprint density at radius 2 is 1.48 bits per heavy atom. The van der Waals surface area contributed by atoms with Crippen molar-refractivity contribution >= 4 is 5.69 Å². The molecule has 0 aromatic heterocycles. The zero-order valence-electron chi connectivity index (χ0n) is 15.1. The summed E-state index contributed by atoms with van der Waals surface area (Å²) < 4.78 is 0. The highest BCUT2D eigenvalue weighted by atomic mass is 15.0. The van der Waals surface area contributed by atoms with Crippen molar-refractivity contribution in [1.82, 2.24) is 0 Å². The highest BCUT2D eigenvalue weighted by Gasteiger charge is 2.39. The lowest BCUT2D eigenvalue weighted by molar-refractivity contribution is 0.474. The van der Waals surface area contributed by atoms with E-state index in [1.807, 2.05) is 52.0 Å². The molecule has 0 saturated heterocycles. The van der Waals surface area contributed by atoms with Gasteiger partial charge >= 0.3 is 0 Å². The molecule has 2 heteroatoms. The second-order valence-corrected chi connectivity index (χ2v) is 5.58. The van der Waals surface area contributed by atoms with Gasteiger partial charge in [0, 0.05) is 11.1 Å². The second kappa shape index (κ2) is 8.39. The first-order valence-corrected chi connectivity index (χ1v) is 8.49. The Morgan fingerprint density at radius 3 is 2.00 bits per heavy atom. The lowest BCUT2D eigenvalue weighted by Gasteiger charge is -2.28. The summed E-state index contributed by atoms with van der Waals surface area (Å²) in [5.74, 6) is 0. The predicted octanol–water partition coefficient (Wildman–Crippen LogP) is 6.06. The Hall–Kier alpha value is -2.27. The van der Waals surface area contributed by atoms with Gasteiger partial charge in [0.1, 0.15) is 0 Å². The Morgan fingerprint density at radius 1 is 0.913 bits per heavy atom. The highest BCUT2D eigenvalue weighted by molar-refractivity contribution is 5.63. The van der Waals surface area contributed by atoms with Gasteiger partial charge in [0.15, 0.2) is 0 Å². The highest BCUT2D eigenvalue weighted by Crippen LogP contribution is 2.47. The number of rotatable bonds is 1. The third-order valence-electron chi connectivity index (χ3n) is 4.02. The molecule has 1 atom stereocenters. The summed E-state index contributed by atoms with van der Waals surface area (Å²) in [7, 11) is 0. The first-order chi connectivity index (χ1) is 11.1. The molecule has 0 fully saturated rings. The average molecular weight is 308 g/mol. The molecule has 0 radical (unpaired) electrons. The summed E-state index contributed by atoms with van der Waals surface area (Å²) >= 11 is 0. The van der Waals surface area contributed by atoms with E-state index in [1.54, 1.807) is 0 Å². The Bertz CT molecular complexity index is 648. The van der Waals surface area contributed by atoms with Crippen molar-refractivity contribution in [2.75, 3.05) is 5.32 Å². The summed E-state index contributed by atoms with van der Waals surface area (Å²) in [5.41, 5.74) is 4.54. The summed E-state index contributed by atoms with van der Waals surface area (Å²) in [6.07, 6.45) is 0. The third-order valence-corrected chi connectivity index (χ3v) is 4.02. The molecule has 1 N–H and O–H groups in total. The fraction of sp³-hybridized carbons (Fsp3) is 0.381. The van der Waals surface area contributed by atoms with Gasteiger partial charge < -0.3 is 5.32 Å². The standard InChI is InChI=1S/C17H16N2.2C2H6/c1-17(2)14-5-3-4-6-15(14)19-16(17)13-9-7-12(11-18)8-10-13;2*1-2/h3-10,16,19H,1-2H3;2*1-2H3. The van der Waals surface area contributed by atoms with Crippen molar-refractivity contribution in [3.8, 4) is 6.07 Å². The monoisotopic (exact) mass is 308 g/mol. The first-order valence-electron chi connectivity index (χ1n) is 8.49. The molecule has 0 bridgehead atoms. The fourth-order valence-corrected chi connectivity index (χ4v) is 2.91. The van der Waals surface area contributed by atoms with E-state index in [1.165, 1.54) is 16.8 Å². The maximum atomic E-state index is 8.87. The summed E-state index contributed by atoms with van der Waals surface area (Å²) in [6, 6.07) is 18.7. The maximum Gasteiger partial charge on any atom is 0.0991 e. The first kappa shape index (κ1) is 18.8. The van der Waals surface area contributed by atoms with Crippen LogP contribution in [0, 0.1) is 11.3 Å². The number of nitriles is 1. The van der Waals surface area contributed by atoms with E-state index in [2.05, 4.69) is 49.5 Å². The molecule has 1 unspecified atom stereocenters. The number of para-hydroxylation sites is 1. The van der Waals surface area contributed by atoms with Gasteiger partial charge in [-0.25, -0.2) is 0 Å². The maximum absolute atomic E-state index is 8.87. The minimum atomic E-state index is 0.0464. The normalized spacial score (nSPS) is 16.5. The average Bonchev–Trinajstić information content (AvgIpc) is 2.90. The zero-order valence-corrected chi connectivity index (χ0v) is 15.1. The topological polar surface area (TPSA) is 35.8 Å². The number of hydrogen-bond acceptors (Lipinski definition) is 2. The quantitative estimate of drug-likeness (QED) is 0.695. The molecular formula is C21H28N2. The number of fused-ring (bicyclic) bond motifs is 1. The predicted molar refractivity (Wildman–Crippen MR) is 99.7 cm³/mol. The minimum Gasteiger partial charge on any atom is -0.377 e. The van der Waals surface area contributed by atoms with Crippen LogP contribution < -0.4 is 5.32 Å². The molecule has 2 aromatic rings. The SMILES string of the molecule is CC.CC.CC1(C)c2ccccc2NC1c1ccc(C#N)cc1. The largest absolute Gasteiger partial charge is 0.377 e. The molecule has 1 heterocycles. The van der Waals surface area contributed by atoms with Gasteiger partial charge in [-0.2, -0.15) is 5.26 Å². The molecule has 122 valence electrons. The van der Waals surface area contributed by atoms with Crippen LogP contribution in [0.4, 0.5) is 5.69 Å². The molecule has 1 aliphatic heterocycles. The van der Waals surface area contributed by atoms with Gasteiger partial charge in [0.05, 0.1) is 17.7 Å². The molecule has 0 saturated carbocycles. The smallest absolute Gasteiger partial charge is 0.0991 e. The van der Waals surface area contributed by atoms with Crippen molar-refractivity contribution in [3.05, 3.63) is 65.2 Å². The van der Waals surface area contributed by atoms with Gasteiger partial charge in [-0.1, -0.05) is 71.9 Å². The van der Waals surface area contributed by atoms with Crippen LogP contribution in [0.25, 0.3) is 0 Å². The van der Waals surface area contributed by atoms with Gasteiger partial charge in [-0.05, 0) is 29.3 Å². The molecule has 23 heavy (non-hydrogen) atoms. The third kappa shape index (κ3) is 3.74. The van der Waals surface area contributed by atoms with E-state index < -0.39 is 0 Å². The van der Waals surface area contributed by atoms with Crippen molar-refractivity contribution in [2.24, 2.45) is 0 Å². The van der Waals surface area contributed by atoms with E-state index in [9.17, 15) is 0 Å². The Balaban J connectivity index is 0.000000615. The lowest BCUT2D eigenvalue weighted by atomic mass is 9.78. The number of hydrogen-bond donors (Lipinski definition) is 1. The molecular weight excluding hydrogens is 280 g/mol. The fourth-order valence-electron chi connectivity index (χ4n) is 2.91. The van der Waals surface area contributed by atoms with Crippen LogP contribution in [0.2, 0.25) is 0 Å². The minimum absolute atomic E-state index is 0.0464. The van der Waals surface area contributed by atoms with E-state index in [0.29, 0.717) is 5.56 Å². The summed E-state index contributed by atoms with van der Waals surface area (Å²) in [5, 5.41) is 12.5. The van der Waals surface area contributed by atoms with Crippen LogP contribution in [0.15, 0.2) is 48.5 Å². The van der Waals surface area contributed by atoms with Crippen LogP contribution in [-0.2, 0) is 5.41 Å². The van der Waals surface area contributed by atoms with E-state index in [0.717, 1.165) is 0 Å². The van der Waals surface area contributed by atoms with Gasteiger partial charge in [0.2, 0.25) is 0 Å². The molecule has 0 aliphatic carbocycles. The van der Waals surface area contributed by atoms with Gasteiger partial charge in [-0.3, -0.25) is 0 Å². The van der Waals surface area contributed by atoms with Crippen molar-refractivity contribution in [2.45, 2.75) is 53.0 Å². The molecule has 1 aliphatic rings. The zero-order chi connectivity index (χ0) is 17.5. The second-order valence-electron chi connectivity index (χ2n) is 5.58. The van der Waals surface area contributed by atoms with Crippen LogP contribution in [-0.4, -0.2) is 0 Å². The molecule has 2 nitrogen and oxygen atoms in total. The van der Waals surface area contributed by atoms with Crippen molar-refractivity contribution in [3.63, 3.8) is 0 Å². The van der Waals surface area contributed by atoms with Crippen LogP contribution >= 0.6 is 0 Å². The molecule has 2 aromatic carbocycles. The lowest BCUT2D eigenvalue weighted by Crippen LogP contribution is -2.25. The van der Waals surface area contributed by atoms with Crippen LogP contribution in [0.5, 0.6) is 0 Å². The van der Waals surface area contributed by atoms with Crippen LogP contribution in [0.1, 0.15) is 64.3 Å². The van der Waals surface area contributed by atoms with E-state index >= 15 is 0 Å². The van der Waals surface area contributed by atoms with Crippen molar-refractivity contribution < 1.29 is 0 Å². The van der Waals surface area contributed by atoms with E-state index in [-0.39, 0.29) is 11.5 Å². The van der Waals surface area contributed by atoms with Crippen LogP contribution in [0.3, 0.4) is 0 Å².